The minimum atomic E-state index is 0.806. The van der Waals surface area contributed by atoms with Crippen molar-refractivity contribution in [3.63, 3.8) is 0 Å². The van der Waals surface area contributed by atoms with E-state index in [9.17, 15) is 0 Å². The number of nitrogens with zero attached hydrogens (tertiary/aromatic N) is 1. The van der Waals surface area contributed by atoms with Crippen LogP contribution in [0.15, 0.2) is 16.6 Å². The zero-order valence-corrected chi connectivity index (χ0v) is 13.4. The summed E-state index contributed by atoms with van der Waals surface area (Å²) in [6.07, 6.45) is 1.09. The second-order valence-electron chi connectivity index (χ2n) is 4.60. The van der Waals surface area contributed by atoms with Crippen LogP contribution in [0.1, 0.15) is 24.6 Å². The van der Waals surface area contributed by atoms with Crippen molar-refractivity contribution in [1.82, 2.24) is 4.98 Å². The molecular formula is C15H19BrN2O. The predicted octanol–water partition coefficient (Wildman–Crippen LogP) is 4.44. The summed E-state index contributed by atoms with van der Waals surface area (Å²) in [6.45, 7) is 7.25. The Balaban J connectivity index is 2.79. The molecule has 0 radical (unpaired) electrons. The van der Waals surface area contributed by atoms with Crippen molar-refractivity contribution in [2.75, 3.05) is 19.0 Å². The van der Waals surface area contributed by atoms with E-state index in [0.29, 0.717) is 0 Å². The van der Waals surface area contributed by atoms with Crippen LogP contribution in [0.4, 0.5) is 5.69 Å². The first-order valence-electron chi connectivity index (χ1n) is 6.47. The number of aryl methyl sites for hydroxylation is 1. The third kappa shape index (κ3) is 2.54. The standard InChI is InChI=1S/C15H19BrN2O/c1-5-8-17-14-9(2)10(3)18-15-12(19-4)7-6-11(16)13(14)15/h6-7H,5,8H2,1-4H3,(H,17,18). The lowest BCUT2D eigenvalue weighted by Crippen LogP contribution is -2.05. The second kappa shape index (κ2) is 5.78. The van der Waals surface area contributed by atoms with Crippen LogP contribution in [0.2, 0.25) is 0 Å². The van der Waals surface area contributed by atoms with Crippen LogP contribution in [0.25, 0.3) is 10.9 Å². The fraction of sp³-hybridized carbons (Fsp3) is 0.400. The molecule has 1 aromatic heterocycles. The molecule has 2 aromatic rings. The number of halogens is 1. The maximum absolute atomic E-state index is 5.43. The van der Waals surface area contributed by atoms with E-state index in [1.54, 1.807) is 7.11 Å². The Labute approximate surface area is 122 Å². The van der Waals surface area contributed by atoms with E-state index in [2.05, 4.69) is 40.1 Å². The summed E-state index contributed by atoms with van der Waals surface area (Å²) < 4.78 is 6.47. The van der Waals surface area contributed by atoms with Crippen molar-refractivity contribution in [2.45, 2.75) is 27.2 Å². The number of methoxy groups -OCH3 is 1. The third-order valence-electron chi connectivity index (χ3n) is 3.31. The quantitative estimate of drug-likeness (QED) is 0.903. The number of aromatic nitrogens is 1. The molecule has 0 amide bonds. The molecule has 102 valence electrons. The van der Waals surface area contributed by atoms with Crippen molar-refractivity contribution < 1.29 is 4.74 Å². The van der Waals surface area contributed by atoms with Gasteiger partial charge in [-0.2, -0.15) is 0 Å². The second-order valence-corrected chi connectivity index (χ2v) is 5.45. The predicted molar refractivity (Wildman–Crippen MR) is 84.2 cm³/mol. The zero-order chi connectivity index (χ0) is 14.0. The van der Waals surface area contributed by atoms with Gasteiger partial charge in [0, 0.05) is 27.8 Å². The van der Waals surface area contributed by atoms with Crippen LogP contribution in [-0.2, 0) is 0 Å². The molecule has 0 saturated heterocycles. The van der Waals surface area contributed by atoms with E-state index in [4.69, 9.17) is 4.74 Å². The Bertz CT molecular complexity index is 611. The number of hydrogen-bond donors (Lipinski definition) is 1. The fourth-order valence-corrected chi connectivity index (χ4v) is 2.67. The molecule has 2 rings (SSSR count). The summed E-state index contributed by atoms with van der Waals surface area (Å²) >= 11 is 3.63. The Morgan fingerprint density at radius 1 is 1.32 bits per heavy atom. The molecule has 0 saturated carbocycles. The maximum Gasteiger partial charge on any atom is 0.145 e. The van der Waals surface area contributed by atoms with E-state index in [1.165, 1.54) is 5.56 Å². The number of nitrogens with one attached hydrogen (secondary N) is 1. The summed E-state index contributed by atoms with van der Waals surface area (Å²) in [6, 6.07) is 3.95. The highest BCUT2D eigenvalue weighted by atomic mass is 79.9. The number of hydrogen-bond acceptors (Lipinski definition) is 3. The van der Waals surface area contributed by atoms with Gasteiger partial charge in [-0.15, -0.1) is 0 Å². The van der Waals surface area contributed by atoms with Gasteiger partial charge in [0.05, 0.1) is 7.11 Å². The van der Waals surface area contributed by atoms with Crippen molar-refractivity contribution in [3.8, 4) is 5.75 Å². The van der Waals surface area contributed by atoms with Crippen molar-refractivity contribution in [1.29, 1.82) is 0 Å². The van der Waals surface area contributed by atoms with Crippen LogP contribution >= 0.6 is 15.9 Å². The van der Waals surface area contributed by atoms with Crippen molar-refractivity contribution in [3.05, 3.63) is 27.9 Å². The lowest BCUT2D eigenvalue weighted by atomic mass is 10.1. The lowest BCUT2D eigenvalue weighted by Gasteiger charge is -2.16. The van der Waals surface area contributed by atoms with Gasteiger partial charge in [0.25, 0.3) is 0 Å². The molecule has 0 atom stereocenters. The zero-order valence-electron chi connectivity index (χ0n) is 11.8. The Kier molecular flexibility index (Phi) is 4.30. The summed E-state index contributed by atoms with van der Waals surface area (Å²) in [5, 5.41) is 4.61. The molecule has 0 aliphatic carbocycles. The van der Waals surface area contributed by atoms with Crippen LogP contribution in [0.3, 0.4) is 0 Å². The highest BCUT2D eigenvalue weighted by molar-refractivity contribution is 9.10. The first kappa shape index (κ1) is 14.1. The summed E-state index contributed by atoms with van der Waals surface area (Å²) in [5.41, 5.74) is 4.27. The lowest BCUT2D eigenvalue weighted by molar-refractivity contribution is 0.419. The number of pyridine rings is 1. The molecule has 0 fully saturated rings. The molecule has 1 heterocycles. The van der Waals surface area contributed by atoms with E-state index < -0.39 is 0 Å². The summed E-state index contributed by atoms with van der Waals surface area (Å²) in [5.74, 6) is 0.806. The van der Waals surface area contributed by atoms with Gasteiger partial charge < -0.3 is 10.1 Å². The first-order chi connectivity index (χ1) is 9.10. The molecule has 1 aromatic carbocycles. The molecule has 0 aliphatic rings. The Hall–Kier alpha value is -1.29. The largest absolute Gasteiger partial charge is 0.494 e. The normalized spacial score (nSPS) is 10.8. The van der Waals surface area contributed by atoms with Crippen LogP contribution in [0, 0.1) is 13.8 Å². The number of anilines is 1. The molecule has 0 bridgehead atoms. The van der Waals surface area contributed by atoms with Crippen LogP contribution < -0.4 is 10.1 Å². The third-order valence-corrected chi connectivity index (χ3v) is 3.97. The van der Waals surface area contributed by atoms with Gasteiger partial charge in [-0.3, -0.25) is 0 Å². The molecular weight excluding hydrogens is 304 g/mol. The van der Waals surface area contributed by atoms with E-state index >= 15 is 0 Å². The Morgan fingerprint density at radius 2 is 2.05 bits per heavy atom. The van der Waals surface area contributed by atoms with Crippen LogP contribution in [0.5, 0.6) is 5.75 Å². The van der Waals surface area contributed by atoms with Crippen molar-refractivity contribution in [2.24, 2.45) is 0 Å². The number of ether oxygens (including phenoxy) is 1. The Morgan fingerprint density at radius 3 is 2.68 bits per heavy atom. The number of fused-ring (bicyclic) bond motifs is 1. The molecule has 4 heteroatoms. The van der Waals surface area contributed by atoms with Crippen LogP contribution in [-0.4, -0.2) is 18.6 Å². The van der Waals surface area contributed by atoms with Gasteiger partial charge in [-0.25, -0.2) is 4.98 Å². The molecule has 0 aliphatic heterocycles. The molecule has 0 spiro atoms. The fourth-order valence-electron chi connectivity index (χ4n) is 2.15. The maximum atomic E-state index is 5.43. The van der Waals surface area contributed by atoms with E-state index in [-0.39, 0.29) is 0 Å². The van der Waals surface area contributed by atoms with Gasteiger partial charge in [0.1, 0.15) is 11.3 Å². The average molecular weight is 323 g/mol. The minimum Gasteiger partial charge on any atom is -0.494 e. The van der Waals surface area contributed by atoms with E-state index in [0.717, 1.165) is 45.5 Å². The van der Waals surface area contributed by atoms with Gasteiger partial charge in [0.15, 0.2) is 0 Å². The minimum absolute atomic E-state index is 0.806. The summed E-state index contributed by atoms with van der Waals surface area (Å²) in [4.78, 5) is 4.68. The van der Waals surface area contributed by atoms with Gasteiger partial charge in [-0.05, 0) is 38.0 Å². The highest BCUT2D eigenvalue weighted by Gasteiger charge is 2.15. The smallest absolute Gasteiger partial charge is 0.145 e. The monoisotopic (exact) mass is 322 g/mol. The van der Waals surface area contributed by atoms with Crippen molar-refractivity contribution >= 4 is 32.5 Å². The number of benzene rings is 1. The van der Waals surface area contributed by atoms with E-state index in [1.807, 2.05) is 19.1 Å². The summed E-state index contributed by atoms with van der Waals surface area (Å²) in [7, 11) is 1.68. The molecule has 19 heavy (non-hydrogen) atoms. The first-order valence-corrected chi connectivity index (χ1v) is 7.26. The van der Waals surface area contributed by atoms with Gasteiger partial charge in [-0.1, -0.05) is 22.9 Å². The van der Waals surface area contributed by atoms with Gasteiger partial charge >= 0.3 is 0 Å². The van der Waals surface area contributed by atoms with Gasteiger partial charge in [0.2, 0.25) is 0 Å². The topological polar surface area (TPSA) is 34.2 Å². The SMILES string of the molecule is CCCNc1c(C)c(C)nc2c(OC)ccc(Br)c12. The number of rotatable bonds is 4. The average Bonchev–Trinajstić information content (AvgIpc) is 2.40. The highest BCUT2D eigenvalue weighted by Crippen LogP contribution is 2.37. The molecule has 3 nitrogen and oxygen atoms in total. The molecule has 0 unspecified atom stereocenters. The molecule has 1 N–H and O–H groups in total.